The van der Waals surface area contributed by atoms with E-state index in [-0.39, 0.29) is 18.4 Å². The highest BCUT2D eigenvalue weighted by Crippen LogP contribution is 2.33. The SMILES string of the molecule is COc1ccc2[nH]cc(-c3csc(N=C(N)N)n3)c2c1.Cl. The summed E-state index contributed by atoms with van der Waals surface area (Å²) in [5.74, 6) is 0.810. The van der Waals surface area contributed by atoms with Gasteiger partial charge in [0, 0.05) is 28.0 Å². The molecule has 0 unspecified atom stereocenters. The van der Waals surface area contributed by atoms with Crippen molar-refractivity contribution in [3.63, 3.8) is 0 Å². The maximum atomic E-state index is 5.35. The Morgan fingerprint density at radius 2 is 2.19 bits per heavy atom. The molecule has 0 aliphatic heterocycles. The number of hydrogen-bond acceptors (Lipinski definition) is 4. The summed E-state index contributed by atoms with van der Waals surface area (Å²) in [4.78, 5) is 11.6. The van der Waals surface area contributed by atoms with Gasteiger partial charge in [0.25, 0.3) is 0 Å². The van der Waals surface area contributed by atoms with Crippen molar-refractivity contribution in [1.29, 1.82) is 0 Å². The second-order valence-corrected chi connectivity index (χ2v) is 5.00. The second-order valence-electron chi connectivity index (χ2n) is 4.17. The molecule has 1 aromatic carbocycles. The molecule has 0 aliphatic rings. The lowest BCUT2D eigenvalue weighted by Crippen LogP contribution is -2.21. The first-order valence-corrected chi connectivity index (χ1v) is 6.76. The number of H-pyrrole nitrogens is 1. The maximum Gasteiger partial charge on any atom is 0.212 e. The largest absolute Gasteiger partial charge is 0.497 e. The molecule has 0 saturated carbocycles. The molecule has 0 aliphatic carbocycles. The molecule has 21 heavy (non-hydrogen) atoms. The summed E-state index contributed by atoms with van der Waals surface area (Å²) < 4.78 is 5.25. The highest BCUT2D eigenvalue weighted by Gasteiger charge is 2.10. The van der Waals surface area contributed by atoms with Gasteiger partial charge in [-0.15, -0.1) is 23.7 Å². The number of ether oxygens (including phenoxy) is 1. The van der Waals surface area contributed by atoms with Crippen molar-refractivity contribution in [2.45, 2.75) is 0 Å². The van der Waals surface area contributed by atoms with E-state index in [0.717, 1.165) is 27.9 Å². The number of fused-ring (bicyclic) bond motifs is 1. The Morgan fingerprint density at radius 3 is 2.90 bits per heavy atom. The van der Waals surface area contributed by atoms with Crippen molar-refractivity contribution in [1.82, 2.24) is 9.97 Å². The summed E-state index contributed by atoms with van der Waals surface area (Å²) in [6.07, 6.45) is 1.92. The van der Waals surface area contributed by atoms with E-state index in [1.165, 1.54) is 11.3 Å². The van der Waals surface area contributed by atoms with Gasteiger partial charge < -0.3 is 21.2 Å². The van der Waals surface area contributed by atoms with Crippen LogP contribution in [0.2, 0.25) is 0 Å². The van der Waals surface area contributed by atoms with Gasteiger partial charge in [-0.2, -0.15) is 4.99 Å². The molecule has 3 rings (SSSR count). The summed E-state index contributed by atoms with van der Waals surface area (Å²) in [6.45, 7) is 0. The Morgan fingerprint density at radius 1 is 1.38 bits per heavy atom. The number of nitrogens with zero attached hydrogens (tertiary/aromatic N) is 2. The zero-order chi connectivity index (χ0) is 14.1. The summed E-state index contributed by atoms with van der Waals surface area (Å²) >= 11 is 1.39. The smallest absolute Gasteiger partial charge is 0.212 e. The fourth-order valence-electron chi connectivity index (χ4n) is 1.99. The summed E-state index contributed by atoms with van der Waals surface area (Å²) in [7, 11) is 1.65. The molecule has 0 bridgehead atoms. The van der Waals surface area contributed by atoms with Crippen LogP contribution in [0.5, 0.6) is 5.75 Å². The minimum absolute atomic E-state index is 0. The number of aromatic nitrogens is 2. The molecule has 0 fully saturated rings. The first-order valence-electron chi connectivity index (χ1n) is 5.88. The zero-order valence-corrected chi connectivity index (χ0v) is 12.8. The van der Waals surface area contributed by atoms with E-state index in [9.17, 15) is 0 Å². The van der Waals surface area contributed by atoms with Gasteiger partial charge in [-0.3, -0.25) is 0 Å². The molecule has 0 saturated heterocycles. The third kappa shape index (κ3) is 2.93. The molecule has 0 radical (unpaired) electrons. The number of nitrogens with one attached hydrogen (secondary N) is 1. The van der Waals surface area contributed by atoms with Crippen molar-refractivity contribution >= 4 is 45.7 Å². The molecule has 110 valence electrons. The van der Waals surface area contributed by atoms with Crippen LogP contribution in [0.3, 0.4) is 0 Å². The highest BCUT2D eigenvalue weighted by molar-refractivity contribution is 7.13. The number of aromatic amines is 1. The van der Waals surface area contributed by atoms with Gasteiger partial charge in [-0.1, -0.05) is 0 Å². The first kappa shape index (κ1) is 15.1. The third-order valence-corrected chi connectivity index (χ3v) is 3.62. The average molecular weight is 324 g/mol. The molecule has 2 aromatic heterocycles. The lowest BCUT2D eigenvalue weighted by molar-refractivity contribution is 0.415. The van der Waals surface area contributed by atoms with E-state index in [4.69, 9.17) is 16.2 Å². The van der Waals surface area contributed by atoms with Crippen LogP contribution in [0.4, 0.5) is 5.13 Å². The normalized spacial score (nSPS) is 10.1. The number of halogens is 1. The Balaban J connectivity index is 0.00000161. The van der Waals surface area contributed by atoms with Gasteiger partial charge in [0.15, 0.2) is 5.96 Å². The van der Waals surface area contributed by atoms with E-state index in [2.05, 4.69) is 15.0 Å². The number of benzene rings is 1. The van der Waals surface area contributed by atoms with Crippen LogP contribution in [0.15, 0.2) is 34.8 Å². The van der Waals surface area contributed by atoms with Crippen LogP contribution in [-0.2, 0) is 0 Å². The summed E-state index contributed by atoms with van der Waals surface area (Å²) in [5, 5.41) is 3.51. The number of nitrogens with two attached hydrogens (primary N) is 2. The molecular weight excluding hydrogens is 310 g/mol. The molecular formula is C13H14ClN5OS. The minimum atomic E-state index is 0. The van der Waals surface area contributed by atoms with Gasteiger partial charge >= 0.3 is 0 Å². The number of thiazole rings is 1. The topological polar surface area (TPSA) is 102 Å². The van der Waals surface area contributed by atoms with E-state index in [1.807, 2.05) is 29.8 Å². The van der Waals surface area contributed by atoms with E-state index in [0.29, 0.717) is 5.13 Å². The van der Waals surface area contributed by atoms with E-state index >= 15 is 0 Å². The lowest BCUT2D eigenvalue weighted by atomic mass is 10.1. The van der Waals surface area contributed by atoms with Crippen LogP contribution in [0.25, 0.3) is 22.2 Å². The molecule has 6 nitrogen and oxygen atoms in total. The van der Waals surface area contributed by atoms with Crippen LogP contribution in [0, 0.1) is 0 Å². The molecule has 0 spiro atoms. The zero-order valence-electron chi connectivity index (χ0n) is 11.2. The lowest BCUT2D eigenvalue weighted by Gasteiger charge is -2.00. The second kappa shape index (κ2) is 6.02. The fourth-order valence-corrected chi connectivity index (χ4v) is 2.69. The van der Waals surface area contributed by atoms with Crippen molar-refractivity contribution in [2.75, 3.05) is 7.11 Å². The van der Waals surface area contributed by atoms with Crippen LogP contribution < -0.4 is 16.2 Å². The van der Waals surface area contributed by atoms with Crippen molar-refractivity contribution in [3.05, 3.63) is 29.8 Å². The first-order chi connectivity index (χ1) is 9.67. The summed E-state index contributed by atoms with van der Waals surface area (Å²) in [5.41, 5.74) is 13.6. The van der Waals surface area contributed by atoms with Crippen molar-refractivity contribution < 1.29 is 4.74 Å². The molecule has 3 aromatic rings. The van der Waals surface area contributed by atoms with Crippen molar-refractivity contribution in [3.8, 4) is 17.0 Å². The maximum absolute atomic E-state index is 5.35. The van der Waals surface area contributed by atoms with Gasteiger partial charge in [-0.05, 0) is 18.2 Å². The van der Waals surface area contributed by atoms with E-state index in [1.54, 1.807) is 7.11 Å². The third-order valence-electron chi connectivity index (χ3n) is 2.88. The standard InChI is InChI=1S/C13H13N5OS.ClH/c1-19-7-2-3-10-8(4-7)9(5-16-10)11-6-20-13(17-11)18-12(14)15;/h2-6,16H,1H3,(H4,14,15,17,18);1H. The number of guanidine groups is 1. The van der Waals surface area contributed by atoms with Gasteiger partial charge in [0.05, 0.1) is 12.8 Å². The number of aliphatic imine (C=N–C) groups is 1. The Labute approximate surface area is 131 Å². The van der Waals surface area contributed by atoms with Gasteiger partial charge in [0.2, 0.25) is 5.13 Å². The quantitative estimate of drug-likeness (QED) is 0.509. The number of rotatable bonds is 3. The van der Waals surface area contributed by atoms with Crippen LogP contribution in [0.1, 0.15) is 0 Å². The average Bonchev–Trinajstić information content (AvgIpc) is 3.03. The summed E-state index contributed by atoms with van der Waals surface area (Å²) in [6, 6.07) is 5.86. The predicted molar refractivity (Wildman–Crippen MR) is 88.7 cm³/mol. The Kier molecular flexibility index (Phi) is 4.35. The molecule has 0 amide bonds. The molecule has 5 N–H and O–H groups in total. The highest BCUT2D eigenvalue weighted by atomic mass is 35.5. The number of hydrogen-bond donors (Lipinski definition) is 3. The van der Waals surface area contributed by atoms with Crippen LogP contribution in [-0.4, -0.2) is 23.0 Å². The Bertz CT molecular complexity index is 791. The molecule has 2 heterocycles. The minimum Gasteiger partial charge on any atom is -0.497 e. The monoisotopic (exact) mass is 323 g/mol. The molecule has 0 atom stereocenters. The van der Waals surface area contributed by atoms with Crippen molar-refractivity contribution in [2.24, 2.45) is 16.5 Å². The number of methoxy groups -OCH3 is 1. The van der Waals surface area contributed by atoms with Crippen LogP contribution >= 0.6 is 23.7 Å². The fraction of sp³-hybridized carbons (Fsp3) is 0.0769. The Hall–Kier alpha value is -2.25. The molecule has 8 heteroatoms. The van der Waals surface area contributed by atoms with Gasteiger partial charge in [-0.25, -0.2) is 4.98 Å². The van der Waals surface area contributed by atoms with E-state index < -0.39 is 0 Å². The van der Waals surface area contributed by atoms with Gasteiger partial charge in [0.1, 0.15) is 5.75 Å². The predicted octanol–water partition coefficient (Wildman–Crippen LogP) is 2.63.